The average Bonchev–Trinajstić information content (AvgIpc) is 3.11. The highest BCUT2D eigenvalue weighted by atomic mass is 32.2. The summed E-state index contributed by atoms with van der Waals surface area (Å²) in [5, 5.41) is 8.25. The quantitative estimate of drug-likeness (QED) is 0.810. The molecule has 0 spiro atoms. The molecule has 1 saturated heterocycles. The van der Waals surface area contributed by atoms with Crippen molar-refractivity contribution in [3.8, 4) is 0 Å². The van der Waals surface area contributed by atoms with Gasteiger partial charge in [0.05, 0.1) is 22.2 Å². The summed E-state index contributed by atoms with van der Waals surface area (Å²) in [5.41, 5.74) is 0.0695. The number of hydrogen-bond acceptors (Lipinski definition) is 4. The normalized spacial score (nSPS) is 22.0. The number of halogens is 3. The third-order valence-electron chi connectivity index (χ3n) is 4.84. The molecule has 2 aliphatic rings. The standard InChI is InChI=1S/C16H17F3N4O2S/c17-16(18,19)12-3-5-14(6-4-12)26(24,25)22-8-7-13(9-22)23-10-15(20-21-23)11-1-2-11/h3-6,10-11,13H,1-2,7-9H2. The summed E-state index contributed by atoms with van der Waals surface area (Å²) in [5.74, 6) is 0.470. The Hall–Kier alpha value is -1.94. The Kier molecular flexibility index (Phi) is 4.07. The minimum absolute atomic E-state index is 0.112. The molecule has 0 N–H and O–H groups in total. The van der Waals surface area contributed by atoms with Crippen LogP contribution in [0.15, 0.2) is 35.4 Å². The van der Waals surface area contributed by atoms with E-state index >= 15 is 0 Å². The van der Waals surface area contributed by atoms with Crippen LogP contribution in [0, 0.1) is 0 Å². The van der Waals surface area contributed by atoms with Crippen LogP contribution in [0.3, 0.4) is 0 Å². The summed E-state index contributed by atoms with van der Waals surface area (Å²) in [4.78, 5) is -0.136. The van der Waals surface area contributed by atoms with E-state index in [-0.39, 0.29) is 17.5 Å². The van der Waals surface area contributed by atoms with E-state index < -0.39 is 21.8 Å². The van der Waals surface area contributed by atoms with Crippen molar-refractivity contribution in [2.45, 2.75) is 42.3 Å². The van der Waals surface area contributed by atoms with Crippen molar-refractivity contribution < 1.29 is 21.6 Å². The Morgan fingerprint density at radius 1 is 1.08 bits per heavy atom. The summed E-state index contributed by atoms with van der Waals surface area (Å²) < 4.78 is 66.3. The molecule has 1 atom stereocenters. The van der Waals surface area contributed by atoms with Crippen molar-refractivity contribution in [2.24, 2.45) is 0 Å². The predicted molar refractivity (Wildman–Crippen MR) is 85.9 cm³/mol. The number of rotatable bonds is 4. The molecule has 10 heteroatoms. The van der Waals surface area contributed by atoms with Gasteiger partial charge in [0, 0.05) is 25.2 Å². The first-order chi connectivity index (χ1) is 12.2. The Morgan fingerprint density at radius 2 is 1.77 bits per heavy atom. The van der Waals surface area contributed by atoms with Crippen LogP contribution in [0.4, 0.5) is 13.2 Å². The summed E-state index contributed by atoms with van der Waals surface area (Å²) in [6.45, 7) is 0.531. The van der Waals surface area contributed by atoms with Gasteiger partial charge >= 0.3 is 6.18 Å². The molecular weight excluding hydrogens is 369 g/mol. The van der Waals surface area contributed by atoms with Gasteiger partial charge in [-0.05, 0) is 43.5 Å². The molecular formula is C16H17F3N4O2S. The van der Waals surface area contributed by atoms with Crippen LogP contribution in [0.5, 0.6) is 0 Å². The van der Waals surface area contributed by atoms with Gasteiger partial charge in [-0.25, -0.2) is 13.1 Å². The van der Waals surface area contributed by atoms with E-state index in [0.29, 0.717) is 18.9 Å². The lowest BCUT2D eigenvalue weighted by Crippen LogP contribution is -2.29. The molecule has 26 heavy (non-hydrogen) atoms. The zero-order chi connectivity index (χ0) is 18.5. The highest BCUT2D eigenvalue weighted by molar-refractivity contribution is 7.89. The third kappa shape index (κ3) is 3.23. The van der Waals surface area contributed by atoms with E-state index in [1.54, 1.807) is 4.68 Å². The van der Waals surface area contributed by atoms with Crippen LogP contribution in [-0.2, 0) is 16.2 Å². The molecule has 1 aromatic heterocycles. The maximum atomic E-state index is 12.7. The van der Waals surface area contributed by atoms with Crippen molar-refractivity contribution in [1.82, 2.24) is 19.3 Å². The molecule has 0 radical (unpaired) electrons. The Labute approximate surface area is 148 Å². The average molecular weight is 386 g/mol. The molecule has 1 aromatic carbocycles. The third-order valence-corrected chi connectivity index (χ3v) is 6.72. The smallest absolute Gasteiger partial charge is 0.248 e. The van der Waals surface area contributed by atoms with Gasteiger partial charge < -0.3 is 0 Å². The van der Waals surface area contributed by atoms with Crippen LogP contribution in [0.25, 0.3) is 0 Å². The SMILES string of the molecule is O=S(=O)(c1ccc(C(F)(F)F)cc1)N1CCC(n2cc(C3CC3)nn2)C1. The van der Waals surface area contributed by atoms with Crippen molar-refractivity contribution in [3.05, 3.63) is 41.7 Å². The zero-order valence-electron chi connectivity index (χ0n) is 13.7. The molecule has 1 saturated carbocycles. The molecule has 2 aromatic rings. The monoisotopic (exact) mass is 386 g/mol. The van der Waals surface area contributed by atoms with Gasteiger partial charge in [-0.2, -0.15) is 17.5 Å². The fraction of sp³-hybridized carbons (Fsp3) is 0.500. The second kappa shape index (κ2) is 6.05. The minimum atomic E-state index is -4.49. The van der Waals surface area contributed by atoms with E-state index in [1.807, 2.05) is 6.20 Å². The second-order valence-corrected chi connectivity index (χ2v) is 8.66. The van der Waals surface area contributed by atoms with Gasteiger partial charge in [0.2, 0.25) is 10.0 Å². The first-order valence-electron chi connectivity index (χ1n) is 8.34. The lowest BCUT2D eigenvalue weighted by atomic mass is 10.2. The topological polar surface area (TPSA) is 68.1 Å². The first-order valence-corrected chi connectivity index (χ1v) is 9.78. The van der Waals surface area contributed by atoms with Crippen molar-refractivity contribution >= 4 is 10.0 Å². The van der Waals surface area contributed by atoms with E-state index in [1.165, 1.54) is 4.31 Å². The highest BCUT2D eigenvalue weighted by Crippen LogP contribution is 2.39. The van der Waals surface area contributed by atoms with Crippen LogP contribution in [0.2, 0.25) is 0 Å². The van der Waals surface area contributed by atoms with Gasteiger partial charge in [0.1, 0.15) is 0 Å². The van der Waals surface area contributed by atoms with Gasteiger partial charge in [0.25, 0.3) is 0 Å². The number of aromatic nitrogens is 3. The van der Waals surface area contributed by atoms with Gasteiger partial charge in [-0.15, -0.1) is 5.10 Å². The van der Waals surface area contributed by atoms with Crippen LogP contribution in [0.1, 0.15) is 42.5 Å². The summed E-state index contributed by atoms with van der Waals surface area (Å²) >= 11 is 0. The molecule has 140 valence electrons. The summed E-state index contributed by atoms with van der Waals surface area (Å²) in [6, 6.07) is 3.48. The highest BCUT2D eigenvalue weighted by Gasteiger charge is 2.36. The summed E-state index contributed by atoms with van der Waals surface area (Å²) in [6.07, 6.45) is 0.187. The number of nitrogens with zero attached hydrogens (tertiary/aromatic N) is 4. The van der Waals surface area contributed by atoms with E-state index in [0.717, 1.165) is 42.8 Å². The van der Waals surface area contributed by atoms with Crippen molar-refractivity contribution in [2.75, 3.05) is 13.1 Å². The number of hydrogen-bond donors (Lipinski definition) is 0. The first kappa shape index (κ1) is 17.5. The van der Waals surface area contributed by atoms with E-state index in [2.05, 4.69) is 10.3 Å². The molecule has 1 unspecified atom stereocenters. The van der Waals surface area contributed by atoms with Crippen molar-refractivity contribution in [1.29, 1.82) is 0 Å². The Morgan fingerprint density at radius 3 is 2.38 bits per heavy atom. The molecule has 4 rings (SSSR count). The molecule has 1 aliphatic heterocycles. The summed E-state index contributed by atoms with van der Waals surface area (Å²) in [7, 11) is -3.83. The zero-order valence-corrected chi connectivity index (χ0v) is 14.5. The fourth-order valence-corrected chi connectivity index (χ4v) is 4.64. The number of benzene rings is 1. The van der Waals surface area contributed by atoms with Crippen LogP contribution < -0.4 is 0 Å². The maximum absolute atomic E-state index is 12.7. The lowest BCUT2D eigenvalue weighted by Gasteiger charge is -2.17. The lowest BCUT2D eigenvalue weighted by molar-refractivity contribution is -0.137. The van der Waals surface area contributed by atoms with E-state index in [9.17, 15) is 21.6 Å². The number of alkyl halides is 3. The number of sulfonamides is 1. The van der Waals surface area contributed by atoms with Gasteiger partial charge in [0.15, 0.2) is 0 Å². The van der Waals surface area contributed by atoms with E-state index in [4.69, 9.17) is 0 Å². The second-order valence-electron chi connectivity index (χ2n) is 6.73. The molecule has 6 nitrogen and oxygen atoms in total. The van der Waals surface area contributed by atoms with Crippen LogP contribution >= 0.6 is 0 Å². The van der Waals surface area contributed by atoms with Gasteiger partial charge in [-0.3, -0.25) is 0 Å². The largest absolute Gasteiger partial charge is 0.416 e. The minimum Gasteiger partial charge on any atom is -0.248 e. The molecule has 2 heterocycles. The predicted octanol–water partition coefficient (Wildman–Crippen LogP) is 2.81. The molecule has 1 aliphatic carbocycles. The molecule has 2 fully saturated rings. The fourth-order valence-electron chi connectivity index (χ4n) is 3.14. The Bertz CT molecular complexity index is 904. The van der Waals surface area contributed by atoms with Gasteiger partial charge in [-0.1, -0.05) is 5.21 Å². The maximum Gasteiger partial charge on any atom is 0.416 e. The molecule has 0 amide bonds. The van der Waals surface area contributed by atoms with Crippen LogP contribution in [-0.4, -0.2) is 40.8 Å². The Balaban J connectivity index is 1.49. The van der Waals surface area contributed by atoms with Crippen molar-refractivity contribution in [3.63, 3.8) is 0 Å². The molecule has 0 bridgehead atoms.